The summed E-state index contributed by atoms with van der Waals surface area (Å²) in [5, 5.41) is 3.09. The van der Waals surface area contributed by atoms with Crippen LogP contribution in [0.2, 0.25) is 0 Å². The van der Waals surface area contributed by atoms with E-state index in [0.29, 0.717) is 5.56 Å². The lowest BCUT2D eigenvalue weighted by Crippen LogP contribution is -2.47. The highest BCUT2D eigenvalue weighted by Gasteiger charge is 2.21. The van der Waals surface area contributed by atoms with Crippen molar-refractivity contribution in [3.8, 4) is 11.1 Å². The van der Waals surface area contributed by atoms with Gasteiger partial charge in [-0.2, -0.15) is 0 Å². The SMILES string of the molecule is C=NC(=Nc1cc(-c2ccc(C(=O)N3CCN(C)CC3)cc2)ccc1N1CCN(C)CC1)C(N)=C(Cl)NC. The number of halogens is 1. The molecule has 2 aromatic carbocycles. The molecule has 2 saturated heterocycles. The predicted molar refractivity (Wildman–Crippen MR) is 158 cm³/mol. The summed E-state index contributed by atoms with van der Waals surface area (Å²) in [7, 11) is 5.89. The van der Waals surface area contributed by atoms with Gasteiger partial charge in [0.25, 0.3) is 5.91 Å². The first kappa shape index (κ1) is 27.6. The minimum Gasteiger partial charge on any atom is -0.393 e. The van der Waals surface area contributed by atoms with E-state index in [0.717, 1.165) is 74.9 Å². The Morgan fingerprint density at radius 2 is 1.50 bits per heavy atom. The van der Waals surface area contributed by atoms with Crippen molar-refractivity contribution < 1.29 is 4.79 Å². The van der Waals surface area contributed by atoms with E-state index in [1.165, 1.54) is 0 Å². The molecule has 4 rings (SSSR count). The number of benzene rings is 2. The minimum absolute atomic E-state index is 0.0747. The quantitative estimate of drug-likeness (QED) is 0.335. The van der Waals surface area contributed by atoms with Crippen LogP contribution in [0.5, 0.6) is 0 Å². The van der Waals surface area contributed by atoms with Gasteiger partial charge in [-0.1, -0.05) is 29.8 Å². The zero-order chi connectivity index (χ0) is 27.2. The van der Waals surface area contributed by atoms with E-state index in [1.54, 1.807) is 7.05 Å². The first-order chi connectivity index (χ1) is 18.3. The Morgan fingerprint density at radius 1 is 0.921 bits per heavy atom. The van der Waals surface area contributed by atoms with Crippen LogP contribution in [0.3, 0.4) is 0 Å². The summed E-state index contributed by atoms with van der Waals surface area (Å²) in [6, 6.07) is 14.0. The van der Waals surface area contributed by atoms with Crippen LogP contribution >= 0.6 is 11.6 Å². The Balaban J connectivity index is 1.66. The number of nitrogens with zero attached hydrogens (tertiary/aromatic N) is 6. The third-order valence-electron chi connectivity index (χ3n) is 7.15. The maximum atomic E-state index is 13.0. The van der Waals surface area contributed by atoms with E-state index >= 15 is 0 Å². The van der Waals surface area contributed by atoms with Crippen molar-refractivity contribution >= 4 is 41.4 Å². The third kappa shape index (κ3) is 6.35. The van der Waals surface area contributed by atoms with E-state index in [4.69, 9.17) is 22.3 Å². The molecular weight excluding hydrogens is 500 g/mol. The lowest BCUT2D eigenvalue weighted by atomic mass is 10.0. The number of amidine groups is 1. The number of piperazine rings is 2. The van der Waals surface area contributed by atoms with Crippen molar-refractivity contribution in [2.24, 2.45) is 15.7 Å². The van der Waals surface area contributed by atoms with E-state index in [1.807, 2.05) is 35.2 Å². The number of carbonyl (C=O) groups is 1. The molecule has 0 atom stereocenters. The lowest BCUT2D eigenvalue weighted by Gasteiger charge is -2.34. The Labute approximate surface area is 230 Å². The molecule has 10 heteroatoms. The van der Waals surface area contributed by atoms with E-state index < -0.39 is 0 Å². The Hall–Kier alpha value is -3.40. The van der Waals surface area contributed by atoms with Crippen LogP contribution in [-0.2, 0) is 0 Å². The molecule has 2 aliphatic rings. The summed E-state index contributed by atoms with van der Waals surface area (Å²) in [6.07, 6.45) is 0. The van der Waals surface area contributed by atoms with Crippen LogP contribution in [0.15, 0.2) is 63.3 Å². The van der Waals surface area contributed by atoms with Crippen LogP contribution < -0.4 is 16.0 Å². The number of nitrogens with two attached hydrogens (primary N) is 1. The second kappa shape index (κ2) is 12.4. The first-order valence-electron chi connectivity index (χ1n) is 12.8. The van der Waals surface area contributed by atoms with Crippen LogP contribution in [-0.4, -0.2) is 107 Å². The second-order valence-electron chi connectivity index (χ2n) is 9.74. The monoisotopic (exact) mass is 536 g/mol. The van der Waals surface area contributed by atoms with Gasteiger partial charge in [0.15, 0.2) is 5.84 Å². The third-order valence-corrected chi connectivity index (χ3v) is 7.54. The van der Waals surface area contributed by atoms with Crippen LogP contribution in [0.1, 0.15) is 10.4 Å². The largest absolute Gasteiger partial charge is 0.393 e. The molecule has 2 fully saturated rings. The molecule has 0 saturated carbocycles. The topological polar surface area (TPSA) is 92.8 Å². The molecule has 0 bridgehead atoms. The van der Waals surface area contributed by atoms with Crippen LogP contribution in [0.4, 0.5) is 11.4 Å². The summed E-state index contributed by atoms with van der Waals surface area (Å²) in [5.41, 5.74) is 10.8. The number of hydrogen-bond donors (Lipinski definition) is 2. The highest BCUT2D eigenvalue weighted by atomic mass is 35.5. The summed E-state index contributed by atoms with van der Waals surface area (Å²) in [6.45, 7) is 10.7. The molecular formula is C28H37ClN8O. The van der Waals surface area contributed by atoms with Crippen molar-refractivity contribution in [3.63, 3.8) is 0 Å². The number of hydrogen-bond acceptors (Lipinski definition) is 7. The van der Waals surface area contributed by atoms with Crippen molar-refractivity contribution in [1.29, 1.82) is 0 Å². The number of carbonyl (C=O) groups excluding carboxylic acids is 1. The normalized spacial score (nSPS) is 18.3. The maximum Gasteiger partial charge on any atom is 0.253 e. The highest BCUT2D eigenvalue weighted by Crippen LogP contribution is 2.35. The minimum atomic E-state index is 0.0747. The van der Waals surface area contributed by atoms with Crippen molar-refractivity contribution in [2.45, 2.75) is 0 Å². The van der Waals surface area contributed by atoms with E-state index in [9.17, 15) is 4.79 Å². The van der Waals surface area contributed by atoms with Gasteiger partial charge in [0.1, 0.15) is 10.9 Å². The van der Waals surface area contributed by atoms with Gasteiger partial charge in [0, 0.05) is 65.0 Å². The van der Waals surface area contributed by atoms with Crippen molar-refractivity contribution in [2.75, 3.05) is 78.4 Å². The fourth-order valence-electron chi connectivity index (χ4n) is 4.63. The smallest absolute Gasteiger partial charge is 0.253 e. The van der Waals surface area contributed by atoms with Gasteiger partial charge in [0.2, 0.25) is 0 Å². The first-order valence-corrected chi connectivity index (χ1v) is 13.2. The second-order valence-corrected chi connectivity index (χ2v) is 10.1. The molecule has 0 radical (unpaired) electrons. The summed E-state index contributed by atoms with van der Waals surface area (Å²) < 4.78 is 0. The zero-order valence-corrected chi connectivity index (χ0v) is 23.2. The number of aliphatic imine (C=N–C) groups is 2. The summed E-state index contributed by atoms with van der Waals surface area (Å²) in [4.78, 5) is 30.6. The molecule has 202 valence electrons. The lowest BCUT2D eigenvalue weighted by molar-refractivity contribution is 0.0664. The van der Waals surface area contributed by atoms with Crippen molar-refractivity contribution in [3.05, 3.63) is 58.9 Å². The van der Waals surface area contributed by atoms with Gasteiger partial charge in [0.05, 0.1) is 11.4 Å². The van der Waals surface area contributed by atoms with Crippen molar-refractivity contribution in [1.82, 2.24) is 20.0 Å². The van der Waals surface area contributed by atoms with Gasteiger partial charge in [-0.3, -0.25) is 4.79 Å². The standard InChI is InChI=1S/C28H37ClN8O/c1-31-26(29)25(30)27(32-2)33-23-19-22(9-10-24(23)36-15-11-34(3)12-16-36)20-5-7-21(8-6-20)28(38)37-17-13-35(4)14-18-37/h5-10,19,31H,2,11-18,30H2,1,3-4H3. The average molecular weight is 537 g/mol. The van der Waals surface area contributed by atoms with Crippen LogP contribution in [0.25, 0.3) is 11.1 Å². The molecule has 0 aromatic heterocycles. The molecule has 0 unspecified atom stereocenters. The van der Waals surface area contributed by atoms with Gasteiger partial charge in [-0.15, -0.1) is 0 Å². The maximum absolute atomic E-state index is 13.0. The molecule has 0 aliphatic carbocycles. The number of rotatable bonds is 6. The number of amides is 1. The van der Waals surface area contributed by atoms with Crippen LogP contribution in [0, 0.1) is 0 Å². The van der Waals surface area contributed by atoms with E-state index in [-0.39, 0.29) is 22.6 Å². The molecule has 3 N–H and O–H groups in total. The van der Waals surface area contributed by atoms with Gasteiger partial charge in [-0.05, 0) is 56.2 Å². The number of anilines is 1. The van der Waals surface area contributed by atoms with Gasteiger partial charge >= 0.3 is 0 Å². The Kier molecular flexibility index (Phi) is 9.04. The number of nitrogens with one attached hydrogen (secondary N) is 1. The molecule has 38 heavy (non-hydrogen) atoms. The summed E-state index contributed by atoms with van der Waals surface area (Å²) in [5.74, 6) is 0.329. The van der Waals surface area contributed by atoms with E-state index in [2.05, 4.69) is 58.0 Å². The Bertz CT molecular complexity index is 1210. The fourth-order valence-corrected chi connectivity index (χ4v) is 4.72. The molecule has 0 spiro atoms. The summed E-state index contributed by atoms with van der Waals surface area (Å²) >= 11 is 6.22. The zero-order valence-electron chi connectivity index (χ0n) is 22.5. The average Bonchev–Trinajstić information content (AvgIpc) is 2.95. The molecule has 1 amide bonds. The highest BCUT2D eigenvalue weighted by molar-refractivity contribution is 6.31. The van der Waals surface area contributed by atoms with Gasteiger partial charge < -0.3 is 30.7 Å². The molecule has 2 aliphatic heterocycles. The Morgan fingerprint density at radius 3 is 2.08 bits per heavy atom. The molecule has 2 heterocycles. The van der Waals surface area contributed by atoms with Gasteiger partial charge in [-0.25, -0.2) is 9.98 Å². The number of likely N-dealkylation sites (N-methyl/N-ethyl adjacent to an activating group) is 2. The fraction of sp³-hybridized carbons (Fsp3) is 0.393. The molecule has 9 nitrogen and oxygen atoms in total. The molecule has 2 aromatic rings. The predicted octanol–water partition coefficient (Wildman–Crippen LogP) is 2.81.